The van der Waals surface area contributed by atoms with Crippen LogP contribution in [0.4, 0.5) is 0 Å². The van der Waals surface area contributed by atoms with Gasteiger partial charge in [-0.1, -0.05) is 30.3 Å². The Morgan fingerprint density at radius 3 is 2.39 bits per heavy atom. The van der Waals surface area contributed by atoms with Crippen molar-refractivity contribution >= 4 is 35.6 Å². The Bertz CT molecular complexity index is 977. The number of hydrogen-bond acceptors (Lipinski definition) is 5. The Balaban J connectivity index is 0.00000272. The van der Waals surface area contributed by atoms with Gasteiger partial charge in [-0.2, -0.15) is 0 Å². The van der Waals surface area contributed by atoms with Crippen LogP contribution in [0.15, 0.2) is 53.7 Å². The lowest BCUT2D eigenvalue weighted by atomic mass is 10.1. The van der Waals surface area contributed by atoms with E-state index in [1.165, 1.54) is 11.1 Å². The van der Waals surface area contributed by atoms with Gasteiger partial charge in [-0.25, -0.2) is 0 Å². The highest BCUT2D eigenvalue weighted by Gasteiger charge is 2.13. The Labute approximate surface area is 200 Å². The molecule has 0 amide bonds. The van der Waals surface area contributed by atoms with E-state index in [1.807, 2.05) is 28.8 Å². The van der Waals surface area contributed by atoms with Crippen LogP contribution in [0.2, 0.25) is 0 Å². The third kappa shape index (κ3) is 6.37. The molecule has 0 bridgehead atoms. The lowest BCUT2D eigenvalue weighted by molar-refractivity contribution is 0.148. The zero-order valence-corrected chi connectivity index (χ0v) is 20.5. The molecule has 1 aliphatic heterocycles. The minimum absolute atomic E-state index is 0. The molecule has 1 aromatic carbocycles. The standard InChI is InChI=1S/C22H30N8.HI/c1-23-22(25-16-21-27-26-20-5-3-4-10-30(20)21)24-15-18-6-8-19(9-7-18)17-29-13-11-28(2)12-14-29;/h3-10H,11-17H2,1-2H3,(H2,23,24,25);1H. The predicted octanol–water partition coefficient (Wildman–Crippen LogP) is 1.96. The summed E-state index contributed by atoms with van der Waals surface area (Å²) in [7, 11) is 3.96. The number of rotatable bonds is 6. The predicted molar refractivity (Wildman–Crippen MR) is 135 cm³/mol. The highest BCUT2D eigenvalue weighted by molar-refractivity contribution is 14.0. The fourth-order valence-corrected chi connectivity index (χ4v) is 3.61. The van der Waals surface area contributed by atoms with Gasteiger partial charge in [0.25, 0.3) is 0 Å². The number of aromatic nitrogens is 3. The zero-order valence-electron chi connectivity index (χ0n) is 18.2. The van der Waals surface area contributed by atoms with E-state index in [2.05, 4.69) is 66.9 Å². The second-order valence-electron chi connectivity index (χ2n) is 7.72. The first kappa shape index (κ1) is 23.4. The Morgan fingerprint density at radius 1 is 0.935 bits per heavy atom. The molecule has 0 aliphatic carbocycles. The van der Waals surface area contributed by atoms with Crippen molar-refractivity contribution in [3.8, 4) is 0 Å². The van der Waals surface area contributed by atoms with Crippen LogP contribution in [0.5, 0.6) is 0 Å². The summed E-state index contributed by atoms with van der Waals surface area (Å²) in [5.74, 6) is 1.59. The molecule has 8 nitrogen and oxygen atoms in total. The molecule has 0 radical (unpaired) electrons. The second-order valence-corrected chi connectivity index (χ2v) is 7.72. The number of piperazine rings is 1. The van der Waals surface area contributed by atoms with E-state index in [0.717, 1.165) is 56.7 Å². The summed E-state index contributed by atoms with van der Waals surface area (Å²) in [6.45, 7) is 6.88. The monoisotopic (exact) mass is 534 g/mol. The van der Waals surface area contributed by atoms with Crippen LogP contribution >= 0.6 is 24.0 Å². The van der Waals surface area contributed by atoms with Crippen molar-refractivity contribution < 1.29 is 0 Å². The van der Waals surface area contributed by atoms with Crippen molar-refractivity contribution in [2.24, 2.45) is 4.99 Å². The minimum atomic E-state index is 0. The Hall–Kier alpha value is -2.24. The van der Waals surface area contributed by atoms with Gasteiger partial charge in [0, 0.05) is 52.5 Å². The van der Waals surface area contributed by atoms with Crippen LogP contribution in [0.1, 0.15) is 17.0 Å². The number of aliphatic imine (C=N–C) groups is 1. The molecule has 0 saturated carbocycles. The molecule has 0 atom stereocenters. The van der Waals surface area contributed by atoms with E-state index in [0.29, 0.717) is 6.54 Å². The molecule has 0 unspecified atom stereocenters. The van der Waals surface area contributed by atoms with Gasteiger partial charge >= 0.3 is 0 Å². The van der Waals surface area contributed by atoms with E-state index < -0.39 is 0 Å². The molecule has 2 aromatic heterocycles. The number of benzene rings is 1. The lowest BCUT2D eigenvalue weighted by Gasteiger charge is -2.32. The molecule has 2 N–H and O–H groups in total. The van der Waals surface area contributed by atoms with Gasteiger partial charge in [-0.3, -0.25) is 14.3 Å². The van der Waals surface area contributed by atoms with E-state index >= 15 is 0 Å². The van der Waals surface area contributed by atoms with Crippen LogP contribution in [0.3, 0.4) is 0 Å². The molecule has 166 valence electrons. The van der Waals surface area contributed by atoms with Crippen LogP contribution in [-0.4, -0.2) is 70.6 Å². The van der Waals surface area contributed by atoms with Gasteiger partial charge in [0.15, 0.2) is 17.4 Å². The SMILES string of the molecule is CN=C(NCc1ccc(CN2CCN(C)CC2)cc1)NCc1nnc2ccccn12.I. The van der Waals surface area contributed by atoms with E-state index in [4.69, 9.17) is 0 Å². The molecule has 1 saturated heterocycles. The molecule has 3 aromatic rings. The normalized spacial score (nSPS) is 15.6. The van der Waals surface area contributed by atoms with Crippen molar-refractivity contribution in [3.63, 3.8) is 0 Å². The van der Waals surface area contributed by atoms with Gasteiger partial charge in [0.1, 0.15) is 0 Å². The molecule has 0 spiro atoms. The summed E-state index contributed by atoms with van der Waals surface area (Å²) in [6.07, 6.45) is 1.96. The van der Waals surface area contributed by atoms with E-state index in [-0.39, 0.29) is 24.0 Å². The van der Waals surface area contributed by atoms with Crippen LogP contribution in [0, 0.1) is 0 Å². The number of nitrogens with one attached hydrogen (secondary N) is 2. The zero-order chi connectivity index (χ0) is 20.8. The maximum atomic E-state index is 4.31. The van der Waals surface area contributed by atoms with Crippen molar-refractivity contribution in [1.29, 1.82) is 0 Å². The topological polar surface area (TPSA) is 73.1 Å². The maximum absolute atomic E-state index is 4.31. The van der Waals surface area contributed by atoms with Gasteiger partial charge < -0.3 is 15.5 Å². The van der Waals surface area contributed by atoms with Gasteiger partial charge in [0.2, 0.25) is 0 Å². The van der Waals surface area contributed by atoms with Gasteiger partial charge in [-0.05, 0) is 30.3 Å². The third-order valence-corrected chi connectivity index (χ3v) is 5.51. The number of nitrogens with zero attached hydrogens (tertiary/aromatic N) is 6. The van der Waals surface area contributed by atoms with Crippen LogP contribution < -0.4 is 10.6 Å². The molecule has 31 heavy (non-hydrogen) atoms. The smallest absolute Gasteiger partial charge is 0.191 e. The molecular formula is C22H31IN8. The molecule has 9 heteroatoms. The molecule has 1 aliphatic rings. The average molecular weight is 534 g/mol. The quantitative estimate of drug-likeness (QED) is 0.286. The van der Waals surface area contributed by atoms with E-state index in [9.17, 15) is 0 Å². The number of likely N-dealkylation sites (N-methyl/N-ethyl adjacent to an activating group) is 1. The first-order valence-electron chi connectivity index (χ1n) is 10.4. The summed E-state index contributed by atoms with van der Waals surface area (Å²) in [6, 6.07) is 14.7. The van der Waals surface area contributed by atoms with Crippen LogP contribution in [0.25, 0.3) is 5.65 Å². The fraction of sp³-hybridized carbons (Fsp3) is 0.409. The Morgan fingerprint density at radius 2 is 1.65 bits per heavy atom. The summed E-state index contributed by atoms with van der Waals surface area (Å²) >= 11 is 0. The van der Waals surface area contributed by atoms with Crippen molar-refractivity contribution in [3.05, 3.63) is 65.6 Å². The number of guanidine groups is 1. The third-order valence-electron chi connectivity index (χ3n) is 5.51. The lowest BCUT2D eigenvalue weighted by Crippen LogP contribution is -2.43. The van der Waals surface area contributed by atoms with Crippen LogP contribution in [-0.2, 0) is 19.6 Å². The molecule has 4 rings (SSSR count). The number of pyridine rings is 1. The largest absolute Gasteiger partial charge is 0.352 e. The minimum Gasteiger partial charge on any atom is -0.352 e. The van der Waals surface area contributed by atoms with Gasteiger partial charge in [0.05, 0.1) is 6.54 Å². The summed E-state index contributed by atoms with van der Waals surface area (Å²) in [5.41, 5.74) is 3.44. The summed E-state index contributed by atoms with van der Waals surface area (Å²) < 4.78 is 1.97. The highest BCUT2D eigenvalue weighted by Crippen LogP contribution is 2.10. The van der Waals surface area contributed by atoms with Gasteiger partial charge in [-0.15, -0.1) is 34.2 Å². The second kappa shape index (κ2) is 11.4. The van der Waals surface area contributed by atoms with Crippen molar-refractivity contribution in [1.82, 2.24) is 35.0 Å². The number of fused-ring (bicyclic) bond motifs is 1. The van der Waals surface area contributed by atoms with Crippen molar-refractivity contribution in [2.45, 2.75) is 19.6 Å². The van der Waals surface area contributed by atoms with Crippen molar-refractivity contribution in [2.75, 3.05) is 40.3 Å². The average Bonchev–Trinajstić information content (AvgIpc) is 3.20. The Kier molecular flexibility index (Phi) is 8.61. The molecule has 3 heterocycles. The number of halogens is 1. The maximum Gasteiger partial charge on any atom is 0.191 e. The molecular weight excluding hydrogens is 503 g/mol. The molecule has 1 fully saturated rings. The number of hydrogen-bond donors (Lipinski definition) is 2. The fourth-order valence-electron chi connectivity index (χ4n) is 3.61. The first-order chi connectivity index (χ1) is 14.7. The first-order valence-corrected chi connectivity index (χ1v) is 10.4. The summed E-state index contributed by atoms with van der Waals surface area (Å²) in [5, 5.41) is 15.1. The highest BCUT2D eigenvalue weighted by atomic mass is 127. The van der Waals surface area contributed by atoms with E-state index in [1.54, 1.807) is 7.05 Å². The summed E-state index contributed by atoms with van der Waals surface area (Å²) in [4.78, 5) is 9.22.